The van der Waals surface area contributed by atoms with Crippen molar-refractivity contribution in [1.29, 1.82) is 0 Å². The largest absolute Gasteiger partial charge is 0.350 e. The molecule has 4 rings (SSSR count). The molecule has 10 heteroatoms. The first-order valence-corrected chi connectivity index (χ1v) is 9.95. The minimum absolute atomic E-state index is 0.0338. The van der Waals surface area contributed by atoms with Gasteiger partial charge < -0.3 is 10.2 Å². The Balaban J connectivity index is 1.39. The minimum atomic E-state index is -0.478. The topological polar surface area (TPSA) is 93.8 Å². The second kappa shape index (κ2) is 8.21. The smallest absolute Gasteiger partial charge is 0.226 e. The average molecular weight is 412 g/mol. The molecule has 0 aromatic carbocycles. The van der Waals surface area contributed by atoms with Crippen LogP contribution in [-0.4, -0.2) is 48.5 Å². The first kappa shape index (κ1) is 20.0. The van der Waals surface area contributed by atoms with E-state index in [-0.39, 0.29) is 17.5 Å². The summed E-state index contributed by atoms with van der Waals surface area (Å²) in [5.41, 5.74) is 2.57. The van der Waals surface area contributed by atoms with E-state index in [4.69, 9.17) is 0 Å². The fourth-order valence-electron chi connectivity index (χ4n) is 3.78. The molecule has 9 nitrogen and oxygen atoms in total. The molecule has 1 aliphatic heterocycles. The maximum Gasteiger partial charge on any atom is 0.226 e. The highest BCUT2D eigenvalue weighted by Crippen LogP contribution is 2.27. The number of nitrogens with zero attached hydrogens (tertiary/aromatic N) is 7. The molecule has 4 heterocycles. The van der Waals surface area contributed by atoms with E-state index < -0.39 is 5.82 Å². The fraction of sp³-hybridized carbons (Fsp3) is 0.450. The zero-order chi connectivity index (χ0) is 21.3. The Kier molecular flexibility index (Phi) is 5.47. The number of hydrogen-bond acceptors (Lipinski definition) is 6. The molecule has 0 atom stereocenters. The zero-order valence-electron chi connectivity index (χ0n) is 17.3. The van der Waals surface area contributed by atoms with Crippen LogP contribution in [-0.2, 0) is 25.4 Å². The van der Waals surface area contributed by atoms with E-state index in [0.29, 0.717) is 44.1 Å². The number of carbonyl (C=O) groups is 1. The standard InChI is InChI=1S/C20H25FN8O/c1-13-10-24-28(3)18(13)17-16(21)12-23-20(25-17)29-8-4-14(5-9-29)19(30)22-11-15-6-7-27(2)26-15/h6-7,10,12,14H,4-5,8-9,11H2,1-3H3,(H,22,30). The third kappa shape index (κ3) is 4.03. The molecule has 0 spiro atoms. The minimum Gasteiger partial charge on any atom is -0.350 e. The summed E-state index contributed by atoms with van der Waals surface area (Å²) >= 11 is 0. The van der Waals surface area contributed by atoms with Crippen molar-refractivity contribution in [3.63, 3.8) is 0 Å². The summed E-state index contributed by atoms with van der Waals surface area (Å²) in [4.78, 5) is 23.1. The Bertz CT molecular complexity index is 1030. The van der Waals surface area contributed by atoms with Gasteiger partial charge in [0, 0.05) is 39.3 Å². The summed E-state index contributed by atoms with van der Waals surface area (Å²) < 4.78 is 17.7. The molecule has 1 aliphatic rings. The summed E-state index contributed by atoms with van der Waals surface area (Å²) in [6, 6.07) is 1.89. The number of aromatic nitrogens is 6. The number of rotatable bonds is 5. The maximum atomic E-state index is 14.4. The lowest BCUT2D eigenvalue weighted by molar-refractivity contribution is -0.125. The predicted molar refractivity (Wildman–Crippen MR) is 109 cm³/mol. The number of nitrogens with one attached hydrogen (secondary N) is 1. The molecule has 1 N–H and O–H groups in total. The fourth-order valence-corrected chi connectivity index (χ4v) is 3.78. The Morgan fingerprint density at radius 3 is 2.67 bits per heavy atom. The quantitative estimate of drug-likeness (QED) is 0.684. The van der Waals surface area contributed by atoms with E-state index in [1.165, 1.54) is 6.20 Å². The zero-order valence-corrected chi connectivity index (χ0v) is 17.3. The van der Waals surface area contributed by atoms with Crippen LogP contribution < -0.4 is 10.2 Å². The maximum absolute atomic E-state index is 14.4. The Hall–Kier alpha value is -3.30. The molecule has 158 valence electrons. The van der Waals surface area contributed by atoms with Crippen molar-refractivity contribution in [3.05, 3.63) is 41.7 Å². The lowest BCUT2D eigenvalue weighted by atomic mass is 9.96. The van der Waals surface area contributed by atoms with E-state index >= 15 is 0 Å². The monoisotopic (exact) mass is 412 g/mol. The first-order valence-electron chi connectivity index (χ1n) is 9.95. The molecular formula is C20H25FN8O. The highest BCUT2D eigenvalue weighted by molar-refractivity contribution is 5.78. The summed E-state index contributed by atoms with van der Waals surface area (Å²) in [6.07, 6.45) is 6.12. The van der Waals surface area contributed by atoms with E-state index in [0.717, 1.165) is 11.3 Å². The molecule has 0 unspecified atom stereocenters. The van der Waals surface area contributed by atoms with Gasteiger partial charge in [-0.15, -0.1) is 0 Å². The molecule has 0 radical (unpaired) electrons. The predicted octanol–water partition coefficient (Wildman–Crippen LogP) is 1.59. The number of anilines is 1. The molecule has 30 heavy (non-hydrogen) atoms. The number of hydrogen-bond donors (Lipinski definition) is 1. The molecule has 1 amide bonds. The number of halogens is 1. The van der Waals surface area contributed by atoms with Crippen LogP contribution in [0, 0.1) is 18.7 Å². The summed E-state index contributed by atoms with van der Waals surface area (Å²) in [5.74, 6) is -0.0377. The lowest BCUT2D eigenvalue weighted by Gasteiger charge is -2.31. The van der Waals surface area contributed by atoms with Gasteiger partial charge in [-0.2, -0.15) is 10.2 Å². The van der Waals surface area contributed by atoms with Crippen LogP contribution in [0.5, 0.6) is 0 Å². The van der Waals surface area contributed by atoms with Crippen molar-refractivity contribution in [2.24, 2.45) is 20.0 Å². The number of carbonyl (C=O) groups excluding carboxylic acids is 1. The van der Waals surface area contributed by atoms with Crippen molar-refractivity contribution in [1.82, 2.24) is 34.8 Å². The average Bonchev–Trinajstić information content (AvgIpc) is 3.31. The summed E-state index contributed by atoms with van der Waals surface area (Å²) in [7, 11) is 3.61. The molecule has 0 saturated carbocycles. The lowest BCUT2D eigenvalue weighted by Crippen LogP contribution is -2.41. The highest BCUT2D eigenvalue weighted by atomic mass is 19.1. The van der Waals surface area contributed by atoms with Crippen LogP contribution in [0.1, 0.15) is 24.1 Å². The van der Waals surface area contributed by atoms with Crippen LogP contribution >= 0.6 is 0 Å². The van der Waals surface area contributed by atoms with Crippen LogP contribution in [0.3, 0.4) is 0 Å². The number of aryl methyl sites for hydroxylation is 3. The van der Waals surface area contributed by atoms with E-state index in [1.807, 2.05) is 31.1 Å². The Morgan fingerprint density at radius 1 is 1.27 bits per heavy atom. The molecule has 1 saturated heterocycles. The van der Waals surface area contributed by atoms with Crippen molar-refractivity contribution < 1.29 is 9.18 Å². The Morgan fingerprint density at radius 2 is 2.03 bits per heavy atom. The van der Waals surface area contributed by atoms with Gasteiger partial charge in [0.1, 0.15) is 5.69 Å². The number of piperidine rings is 1. The third-order valence-corrected chi connectivity index (χ3v) is 5.44. The van der Waals surface area contributed by atoms with Crippen LogP contribution in [0.4, 0.5) is 10.3 Å². The van der Waals surface area contributed by atoms with Gasteiger partial charge in [0.25, 0.3) is 0 Å². The van der Waals surface area contributed by atoms with Crippen molar-refractivity contribution in [3.8, 4) is 11.4 Å². The van der Waals surface area contributed by atoms with Gasteiger partial charge in [0.05, 0.1) is 30.3 Å². The molecule has 0 bridgehead atoms. The van der Waals surface area contributed by atoms with Crippen LogP contribution in [0.25, 0.3) is 11.4 Å². The first-order chi connectivity index (χ1) is 14.4. The second-order valence-corrected chi connectivity index (χ2v) is 7.63. The van der Waals surface area contributed by atoms with Gasteiger partial charge in [-0.25, -0.2) is 14.4 Å². The van der Waals surface area contributed by atoms with E-state index in [2.05, 4.69) is 25.5 Å². The van der Waals surface area contributed by atoms with Crippen molar-refractivity contribution >= 4 is 11.9 Å². The second-order valence-electron chi connectivity index (χ2n) is 7.63. The summed E-state index contributed by atoms with van der Waals surface area (Å²) in [5, 5.41) is 11.4. The van der Waals surface area contributed by atoms with Gasteiger partial charge in [0.2, 0.25) is 11.9 Å². The van der Waals surface area contributed by atoms with Gasteiger partial charge in [-0.05, 0) is 31.4 Å². The Labute approximate surface area is 173 Å². The normalized spacial score (nSPS) is 14.9. The highest BCUT2D eigenvalue weighted by Gasteiger charge is 2.27. The van der Waals surface area contributed by atoms with Gasteiger partial charge >= 0.3 is 0 Å². The van der Waals surface area contributed by atoms with Crippen LogP contribution in [0.15, 0.2) is 24.7 Å². The summed E-state index contributed by atoms with van der Waals surface area (Å²) in [6.45, 7) is 3.57. The van der Waals surface area contributed by atoms with Crippen molar-refractivity contribution in [2.75, 3.05) is 18.0 Å². The molecule has 0 aliphatic carbocycles. The van der Waals surface area contributed by atoms with Crippen molar-refractivity contribution in [2.45, 2.75) is 26.3 Å². The molecule has 3 aromatic rings. The van der Waals surface area contributed by atoms with E-state index in [1.54, 1.807) is 22.6 Å². The molecule has 1 fully saturated rings. The van der Waals surface area contributed by atoms with Crippen LogP contribution in [0.2, 0.25) is 0 Å². The van der Waals surface area contributed by atoms with Gasteiger partial charge in [0.15, 0.2) is 5.82 Å². The molecular weight excluding hydrogens is 387 g/mol. The van der Waals surface area contributed by atoms with Gasteiger partial charge in [-0.3, -0.25) is 14.2 Å². The van der Waals surface area contributed by atoms with Gasteiger partial charge in [-0.1, -0.05) is 0 Å². The SMILES string of the molecule is Cc1cnn(C)c1-c1nc(N2CCC(C(=O)NCc3ccn(C)n3)CC2)ncc1F. The molecule has 3 aromatic heterocycles. The van der Waals surface area contributed by atoms with E-state index in [9.17, 15) is 9.18 Å². The number of amides is 1. The third-order valence-electron chi connectivity index (χ3n) is 5.44.